The standard InChI is InChI=1S/C16H16N4O3S/c21-16(7-3-5-11-4-1-2-6-12(11)16)10-17-13-14(20(22)23)19-8-9-24-15(19)18-13/h1-2,4,6,8-9,17,21H,3,5,7,10H2. The number of aromatic nitrogens is 2. The molecular formula is C16H16N4O3S. The summed E-state index contributed by atoms with van der Waals surface area (Å²) in [6.07, 6.45) is 4.07. The normalized spacial score (nSPS) is 20.0. The van der Waals surface area contributed by atoms with E-state index in [1.54, 1.807) is 11.6 Å². The summed E-state index contributed by atoms with van der Waals surface area (Å²) in [5.74, 6) is 0.0993. The zero-order valence-corrected chi connectivity index (χ0v) is 13.6. The average Bonchev–Trinajstić information content (AvgIpc) is 3.13. The van der Waals surface area contributed by atoms with Gasteiger partial charge in [0.1, 0.15) is 11.8 Å². The zero-order valence-electron chi connectivity index (χ0n) is 12.8. The van der Waals surface area contributed by atoms with Gasteiger partial charge in [0.2, 0.25) is 5.82 Å². The van der Waals surface area contributed by atoms with E-state index in [1.807, 2.05) is 24.3 Å². The molecule has 1 aromatic carbocycles. The fraction of sp³-hybridized carbons (Fsp3) is 0.312. The molecule has 1 atom stereocenters. The second-order valence-electron chi connectivity index (χ2n) is 5.99. The number of hydrogen-bond donors (Lipinski definition) is 2. The van der Waals surface area contributed by atoms with Gasteiger partial charge in [0, 0.05) is 11.9 Å². The molecule has 0 saturated heterocycles. The highest BCUT2D eigenvalue weighted by Gasteiger charge is 2.35. The first-order valence-corrected chi connectivity index (χ1v) is 8.61. The highest BCUT2D eigenvalue weighted by molar-refractivity contribution is 7.15. The zero-order chi connectivity index (χ0) is 16.7. The molecule has 4 rings (SSSR count). The Hall–Kier alpha value is -2.45. The SMILES string of the molecule is O=[N+]([O-])c1c(NCC2(O)CCCc3ccccc32)nc2sccn12. The number of nitrogens with zero attached hydrogens (tertiary/aromatic N) is 3. The van der Waals surface area contributed by atoms with E-state index in [0.717, 1.165) is 24.0 Å². The maximum Gasteiger partial charge on any atom is 0.372 e. The van der Waals surface area contributed by atoms with Crippen molar-refractivity contribution in [1.29, 1.82) is 0 Å². The van der Waals surface area contributed by atoms with Crippen LogP contribution in [0.2, 0.25) is 0 Å². The van der Waals surface area contributed by atoms with Crippen LogP contribution < -0.4 is 5.32 Å². The van der Waals surface area contributed by atoms with E-state index in [9.17, 15) is 15.2 Å². The van der Waals surface area contributed by atoms with Crippen molar-refractivity contribution in [3.63, 3.8) is 0 Å². The number of fused-ring (bicyclic) bond motifs is 2. The number of hydrogen-bond acceptors (Lipinski definition) is 6. The van der Waals surface area contributed by atoms with Crippen molar-refractivity contribution < 1.29 is 10.0 Å². The van der Waals surface area contributed by atoms with Crippen molar-refractivity contribution in [2.45, 2.75) is 24.9 Å². The predicted molar refractivity (Wildman–Crippen MR) is 91.5 cm³/mol. The summed E-state index contributed by atoms with van der Waals surface area (Å²) in [6, 6.07) is 7.82. The van der Waals surface area contributed by atoms with Crippen molar-refractivity contribution >= 4 is 27.9 Å². The number of nitrogens with one attached hydrogen (secondary N) is 1. The molecule has 0 radical (unpaired) electrons. The van der Waals surface area contributed by atoms with E-state index >= 15 is 0 Å². The third kappa shape index (κ3) is 2.35. The van der Waals surface area contributed by atoms with Crippen LogP contribution in [-0.4, -0.2) is 26.0 Å². The number of anilines is 1. The van der Waals surface area contributed by atoms with Crippen molar-refractivity contribution in [1.82, 2.24) is 9.38 Å². The first-order valence-electron chi connectivity index (χ1n) is 7.73. The van der Waals surface area contributed by atoms with Crippen LogP contribution in [-0.2, 0) is 12.0 Å². The van der Waals surface area contributed by atoms with Crippen LogP contribution in [0.25, 0.3) is 4.96 Å². The first kappa shape index (κ1) is 15.1. The molecule has 0 saturated carbocycles. The molecule has 1 aliphatic carbocycles. The summed E-state index contributed by atoms with van der Waals surface area (Å²) in [5, 5.41) is 27.2. The summed E-state index contributed by atoms with van der Waals surface area (Å²) in [4.78, 5) is 15.8. The number of aliphatic hydroxyl groups is 1. The van der Waals surface area contributed by atoms with Crippen LogP contribution in [0.15, 0.2) is 35.8 Å². The minimum atomic E-state index is -1.04. The molecule has 0 amide bonds. The average molecular weight is 344 g/mol. The van der Waals surface area contributed by atoms with Gasteiger partial charge in [0.15, 0.2) is 0 Å². The fourth-order valence-corrected chi connectivity index (χ4v) is 4.09. The summed E-state index contributed by atoms with van der Waals surface area (Å²) < 4.78 is 1.45. The molecule has 24 heavy (non-hydrogen) atoms. The van der Waals surface area contributed by atoms with E-state index in [1.165, 1.54) is 15.7 Å². The van der Waals surface area contributed by atoms with Crippen LogP contribution in [0, 0.1) is 10.1 Å². The third-order valence-electron chi connectivity index (χ3n) is 4.51. The second-order valence-corrected chi connectivity index (χ2v) is 6.87. The Morgan fingerprint density at radius 2 is 2.29 bits per heavy atom. The van der Waals surface area contributed by atoms with Gasteiger partial charge in [0.05, 0.1) is 0 Å². The van der Waals surface area contributed by atoms with Crippen molar-refractivity contribution in [2.24, 2.45) is 0 Å². The van der Waals surface area contributed by atoms with Crippen molar-refractivity contribution in [2.75, 3.05) is 11.9 Å². The van der Waals surface area contributed by atoms with Crippen molar-refractivity contribution in [3.05, 3.63) is 57.1 Å². The lowest BCUT2D eigenvalue weighted by molar-refractivity contribution is -0.389. The van der Waals surface area contributed by atoms with Gasteiger partial charge in [-0.05, 0) is 35.3 Å². The minimum absolute atomic E-state index is 0.0982. The van der Waals surface area contributed by atoms with Gasteiger partial charge in [-0.3, -0.25) is 0 Å². The fourth-order valence-electron chi connectivity index (χ4n) is 3.38. The Kier molecular flexibility index (Phi) is 3.50. The molecule has 2 aromatic heterocycles. The molecule has 1 unspecified atom stereocenters. The molecule has 7 nitrogen and oxygen atoms in total. The number of nitro groups is 1. The molecule has 8 heteroatoms. The number of thiazole rings is 1. The van der Waals surface area contributed by atoms with Gasteiger partial charge in [0.25, 0.3) is 4.96 Å². The molecule has 1 aliphatic rings. The quantitative estimate of drug-likeness (QED) is 0.561. The molecular weight excluding hydrogens is 328 g/mol. The van der Waals surface area contributed by atoms with Crippen LogP contribution in [0.5, 0.6) is 0 Å². The molecule has 124 valence electrons. The summed E-state index contributed by atoms with van der Waals surface area (Å²) in [6.45, 7) is 0.190. The molecule has 2 heterocycles. The lowest BCUT2D eigenvalue weighted by atomic mass is 9.79. The Bertz CT molecular complexity index is 919. The topological polar surface area (TPSA) is 92.7 Å². The van der Waals surface area contributed by atoms with Gasteiger partial charge < -0.3 is 20.5 Å². The highest BCUT2D eigenvalue weighted by Crippen LogP contribution is 2.36. The molecule has 0 fully saturated rings. The predicted octanol–water partition coefficient (Wildman–Crippen LogP) is 2.94. The van der Waals surface area contributed by atoms with Gasteiger partial charge in [-0.1, -0.05) is 35.6 Å². The van der Waals surface area contributed by atoms with Crippen LogP contribution >= 0.6 is 11.3 Å². The lowest BCUT2D eigenvalue weighted by Crippen LogP contribution is -2.37. The molecule has 0 bridgehead atoms. The van der Waals surface area contributed by atoms with Gasteiger partial charge in [-0.2, -0.15) is 9.38 Å². The van der Waals surface area contributed by atoms with Crippen LogP contribution in [0.4, 0.5) is 11.6 Å². The number of benzene rings is 1. The third-order valence-corrected chi connectivity index (χ3v) is 5.27. The Morgan fingerprint density at radius 3 is 3.12 bits per heavy atom. The smallest absolute Gasteiger partial charge is 0.372 e. The van der Waals surface area contributed by atoms with Crippen LogP contribution in [0.3, 0.4) is 0 Å². The minimum Gasteiger partial charge on any atom is -0.383 e. The maximum absolute atomic E-state index is 11.4. The summed E-state index contributed by atoms with van der Waals surface area (Å²) in [7, 11) is 0. The van der Waals surface area contributed by atoms with Gasteiger partial charge in [-0.15, -0.1) is 0 Å². The highest BCUT2D eigenvalue weighted by atomic mass is 32.1. The lowest BCUT2D eigenvalue weighted by Gasteiger charge is -2.34. The molecule has 0 aliphatic heterocycles. The largest absolute Gasteiger partial charge is 0.383 e. The van der Waals surface area contributed by atoms with Gasteiger partial charge >= 0.3 is 5.82 Å². The summed E-state index contributed by atoms with van der Waals surface area (Å²) >= 11 is 1.33. The Morgan fingerprint density at radius 1 is 1.46 bits per heavy atom. The molecule has 2 N–H and O–H groups in total. The monoisotopic (exact) mass is 344 g/mol. The van der Waals surface area contributed by atoms with E-state index in [2.05, 4.69) is 10.3 Å². The Labute approximate surface area is 141 Å². The van der Waals surface area contributed by atoms with Gasteiger partial charge in [-0.25, -0.2) is 0 Å². The van der Waals surface area contributed by atoms with Crippen molar-refractivity contribution in [3.8, 4) is 0 Å². The van der Waals surface area contributed by atoms with Crippen LogP contribution in [0.1, 0.15) is 24.0 Å². The van der Waals surface area contributed by atoms with E-state index in [0.29, 0.717) is 11.4 Å². The summed E-state index contributed by atoms with van der Waals surface area (Å²) in [5.41, 5.74) is 0.987. The number of rotatable bonds is 4. The van der Waals surface area contributed by atoms with E-state index in [4.69, 9.17) is 0 Å². The Balaban J connectivity index is 1.65. The first-order chi connectivity index (χ1) is 11.6. The van der Waals surface area contributed by atoms with E-state index < -0.39 is 10.5 Å². The number of aryl methyl sites for hydroxylation is 1. The molecule has 3 aromatic rings. The number of imidazole rings is 1. The maximum atomic E-state index is 11.4. The second kappa shape index (κ2) is 5.57. The molecule has 0 spiro atoms. The van der Waals surface area contributed by atoms with E-state index in [-0.39, 0.29) is 18.2 Å².